The first-order chi connectivity index (χ1) is 20.8. The van der Waals surface area contributed by atoms with Crippen LogP contribution in [-0.2, 0) is 0 Å². The van der Waals surface area contributed by atoms with Gasteiger partial charge in [-0.15, -0.1) is 0 Å². The zero-order valence-electron chi connectivity index (χ0n) is 22.9. The third-order valence-corrected chi connectivity index (χ3v) is 7.36. The van der Waals surface area contributed by atoms with E-state index in [1.165, 1.54) is 27.8 Å². The van der Waals surface area contributed by atoms with Gasteiger partial charge in [0.1, 0.15) is 0 Å². The number of nitrogens with zero attached hydrogens (tertiary/aromatic N) is 3. The van der Waals surface area contributed by atoms with E-state index in [2.05, 4.69) is 103 Å². The van der Waals surface area contributed by atoms with Crippen molar-refractivity contribution in [1.29, 1.82) is 0 Å². The van der Waals surface area contributed by atoms with Gasteiger partial charge in [0.05, 0.1) is 0 Å². The Morgan fingerprint density at radius 2 is 0.571 bits per heavy atom. The molecule has 7 rings (SSSR count). The van der Waals surface area contributed by atoms with Crippen molar-refractivity contribution >= 4 is 0 Å². The Kier molecular flexibility index (Phi) is 6.89. The van der Waals surface area contributed by atoms with E-state index in [1.54, 1.807) is 0 Å². The molecule has 3 heteroatoms. The van der Waals surface area contributed by atoms with Crippen LogP contribution in [0.15, 0.2) is 164 Å². The zero-order chi connectivity index (χ0) is 28.1. The molecule has 0 aliphatic heterocycles. The summed E-state index contributed by atoms with van der Waals surface area (Å²) in [4.78, 5) is 14.6. The zero-order valence-corrected chi connectivity index (χ0v) is 22.9. The Balaban J connectivity index is 1.31. The molecular weight excluding hydrogens is 510 g/mol. The van der Waals surface area contributed by atoms with Crippen molar-refractivity contribution in [1.82, 2.24) is 15.0 Å². The first-order valence-corrected chi connectivity index (χ1v) is 14.0. The lowest BCUT2D eigenvalue weighted by Crippen LogP contribution is -2.00. The highest BCUT2D eigenvalue weighted by atomic mass is 15.0. The molecule has 1 heterocycles. The fourth-order valence-electron chi connectivity index (χ4n) is 5.20. The quantitative estimate of drug-likeness (QED) is 0.212. The number of benzene rings is 6. The Labute approximate surface area is 245 Å². The Morgan fingerprint density at radius 1 is 0.238 bits per heavy atom. The summed E-state index contributed by atoms with van der Waals surface area (Å²) in [6.45, 7) is 0. The van der Waals surface area contributed by atoms with Gasteiger partial charge in [-0.3, -0.25) is 0 Å². The minimum Gasteiger partial charge on any atom is -0.208 e. The molecule has 0 saturated carbocycles. The second-order valence-corrected chi connectivity index (χ2v) is 10.1. The van der Waals surface area contributed by atoms with Crippen LogP contribution in [0.5, 0.6) is 0 Å². The molecule has 198 valence electrons. The Morgan fingerprint density at radius 3 is 1.05 bits per heavy atom. The molecule has 0 N–H and O–H groups in total. The van der Waals surface area contributed by atoms with Crippen molar-refractivity contribution in [3.63, 3.8) is 0 Å². The fourth-order valence-corrected chi connectivity index (χ4v) is 5.20. The van der Waals surface area contributed by atoms with E-state index in [0.29, 0.717) is 17.5 Å². The topological polar surface area (TPSA) is 38.7 Å². The average Bonchev–Trinajstić information content (AvgIpc) is 3.09. The maximum absolute atomic E-state index is 4.89. The van der Waals surface area contributed by atoms with Crippen molar-refractivity contribution in [3.05, 3.63) is 164 Å². The predicted octanol–water partition coefficient (Wildman–Crippen LogP) is 9.87. The maximum Gasteiger partial charge on any atom is 0.164 e. The Bertz CT molecular complexity index is 1880. The summed E-state index contributed by atoms with van der Waals surface area (Å²) in [5.74, 6) is 1.97. The lowest BCUT2D eigenvalue weighted by atomic mass is 9.91. The fraction of sp³-hybridized carbons (Fsp3) is 0. The van der Waals surface area contributed by atoms with Crippen LogP contribution in [-0.4, -0.2) is 15.0 Å². The normalized spacial score (nSPS) is 10.9. The minimum atomic E-state index is 0.650. The molecule has 0 aliphatic rings. The number of hydrogen-bond acceptors (Lipinski definition) is 3. The van der Waals surface area contributed by atoms with E-state index >= 15 is 0 Å². The van der Waals surface area contributed by atoms with Gasteiger partial charge >= 0.3 is 0 Å². The molecule has 0 aliphatic carbocycles. The van der Waals surface area contributed by atoms with E-state index in [4.69, 9.17) is 15.0 Å². The minimum absolute atomic E-state index is 0.650. The van der Waals surface area contributed by atoms with Crippen molar-refractivity contribution in [2.75, 3.05) is 0 Å². The molecule has 0 amide bonds. The molecule has 0 unspecified atom stereocenters. The van der Waals surface area contributed by atoms with Crippen LogP contribution in [0.3, 0.4) is 0 Å². The van der Waals surface area contributed by atoms with Crippen LogP contribution in [0.25, 0.3) is 67.5 Å². The van der Waals surface area contributed by atoms with Crippen molar-refractivity contribution in [2.45, 2.75) is 0 Å². The SMILES string of the molecule is c1ccc(-c2ccc(-c3ccc(-c4nc(-c5ccccc5)nc(-c5ccccc5)n4)cc3)c(-c3ccccc3)c2)cc1. The highest BCUT2D eigenvalue weighted by molar-refractivity contribution is 5.87. The molecule has 3 nitrogen and oxygen atoms in total. The van der Waals surface area contributed by atoms with E-state index < -0.39 is 0 Å². The molecule has 0 bridgehead atoms. The summed E-state index contributed by atoms with van der Waals surface area (Å²) < 4.78 is 0. The second kappa shape index (κ2) is 11.4. The summed E-state index contributed by atoms with van der Waals surface area (Å²) in [5, 5.41) is 0. The Hall–Kier alpha value is -5.67. The van der Waals surface area contributed by atoms with Gasteiger partial charge < -0.3 is 0 Å². The predicted molar refractivity (Wildman–Crippen MR) is 172 cm³/mol. The van der Waals surface area contributed by atoms with Crippen molar-refractivity contribution < 1.29 is 0 Å². The first-order valence-electron chi connectivity index (χ1n) is 14.0. The number of hydrogen-bond donors (Lipinski definition) is 0. The van der Waals surface area contributed by atoms with Crippen LogP contribution in [0.2, 0.25) is 0 Å². The van der Waals surface area contributed by atoms with E-state index in [1.807, 2.05) is 60.7 Å². The van der Waals surface area contributed by atoms with Gasteiger partial charge in [0, 0.05) is 16.7 Å². The first kappa shape index (κ1) is 25.3. The van der Waals surface area contributed by atoms with Crippen LogP contribution >= 0.6 is 0 Å². The van der Waals surface area contributed by atoms with Gasteiger partial charge in [0.15, 0.2) is 17.5 Å². The molecule has 0 saturated heterocycles. The van der Waals surface area contributed by atoms with Gasteiger partial charge in [-0.1, -0.05) is 158 Å². The molecule has 0 spiro atoms. The summed E-state index contributed by atoms with van der Waals surface area (Å²) in [6.07, 6.45) is 0. The summed E-state index contributed by atoms with van der Waals surface area (Å²) in [7, 11) is 0. The molecule has 0 atom stereocenters. The van der Waals surface area contributed by atoms with Crippen LogP contribution < -0.4 is 0 Å². The second-order valence-electron chi connectivity index (χ2n) is 10.1. The van der Waals surface area contributed by atoms with Gasteiger partial charge in [0.25, 0.3) is 0 Å². The standard InChI is InChI=1S/C39H27N3/c1-5-13-28(14-6-1)34-25-26-35(36(27-34)29-15-7-2-8-16-29)30-21-23-33(24-22-30)39-41-37(31-17-9-3-10-18-31)40-38(42-39)32-19-11-4-12-20-32/h1-27H. The van der Waals surface area contributed by atoms with Crippen molar-refractivity contribution in [2.24, 2.45) is 0 Å². The molecule has 42 heavy (non-hydrogen) atoms. The monoisotopic (exact) mass is 537 g/mol. The smallest absolute Gasteiger partial charge is 0.164 e. The highest BCUT2D eigenvalue weighted by Crippen LogP contribution is 2.36. The van der Waals surface area contributed by atoms with Crippen molar-refractivity contribution in [3.8, 4) is 67.5 Å². The summed E-state index contributed by atoms with van der Waals surface area (Å²) in [6, 6.07) is 56.5. The molecule has 7 aromatic rings. The van der Waals surface area contributed by atoms with Gasteiger partial charge in [-0.2, -0.15) is 0 Å². The number of aromatic nitrogens is 3. The van der Waals surface area contributed by atoms with Gasteiger partial charge in [0.2, 0.25) is 0 Å². The van der Waals surface area contributed by atoms with Gasteiger partial charge in [-0.25, -0.2) is 15.0 Å². The average molecular weight is 538 g/mol. The van der Waals surface area contributed by atoms with E-state index in [0.717, 1.165) is 22.3 Å². The number of rotatable bonds is 6. The van der Waals surface area contributed by atoms with Crippen LogP contribution in [0, 0.1) is 0 Å². The lowest BCUT2D eigenvalue weighted by Gasteiger charge is -2.14. The van der Waals surface area contributed by atoms with Gasteiger partial charge in [-0.05, 0) is 39.4 Å². The van der Waals surface area contributed by atoms with Crippen LogP contribution in [0.4, 0.5) is 0 Å². The third kappa shape index (κ3) is 5.24. The van der Waals surface area contributed by atoms with E-state index in [-0.39, 0.29) is 0 Å². The largest absolute Gasteiger partial charge is 0.208 e. The molecule has 0 radical (unpaired) electrons. The molecule has 0 fully saturated rings. The summed E-state index contributed by atoms with van der Waals surface area (Å²) in [5.41, 5.74) is 9.96. The highest BCUT2D eigenvalue weighted by Gasteiger charge is 2.14. The molecule has 1 aromatic heterocycles. The molecule has 6 aromatic carbocycles. The summed E-state index contributed by atoms with van der Waals surface area (Å²) >= 11 is 0. The lowest BCUT2D eigenvalue weighted by molar-refractivity contribution is 1.07. The molecular formula is C39H27N3. The van der Waals surface area contributed by atoms with E-state index in [9.17, 15) is 0 Å². The third-order valence-electron chi connectivity index (χ3n) is 7.36. The van der Waals surface area contributed by atoms with Crippen LogP contribution in [0.1, 0.15) is 0 Å². The maximum atomic E-state index is 4.89.